The summed E-state index contributed by atoms with van der Waals surface area (Å²) in [4.78, 5) is 11.1. The lowest BCUT2D eigenvalue weighted by atomic mass is 10.00. The van der Waals surface area contributed by atoms with Crippen molar-refractivity contribution in [3.05, 3.63) is 0 Å². The Hall–Kier alpha value is -0.370. The van der Waals surface area contributed by atoms with Gasteiger partial charge < -0.3 is 4.74 Å². The van der Waals surface area contributed by atoms with Crippen LogP contribution < -0.4 is 0 Å². The van der Waals surface area contributed by atoms with Crippen LogP contribution in [0, 0.1) is 5.92 Å². The van der Waals surface area contributed by atoms with Gasteiger partial charge in [0.25, 0.3) is 0 Å². The molecule has 0 aromatic heterocycles. The summed E-state index contributed by atoms with van der Waals surface area (Å²) in [6.45, 7) is 4.57. The number of ether oxygens (including phenoxy) is 1. The van der Waals surface area contributed by atoms with E-state index in [-0.39, 0.29) is 5.92 Å². The molecule has 1 heterocycles. The summed E-state index contributed by atoms with van der Waals surface area (Å²) in [5.41, 5.74) is 0. The molecule has 0 aromatic rings. The Balaban J connectivity index is 2.37. The van der Waals surface area contributed by atoms with Crippen LogP contribution in [0.25, 0.3) is 0 Å². The maximum atomic E-state index is 11.1. The van der Waals surface area contributed by atoms with Gasteiger partial charge in [0.15, 0.2) is 0 Å². The second kappa shape index (κ2) is 3.15. The van der Waals surface area contributed by atoms with Gasteiger partial charge in [0, 0.05) is 12.3 Å². The number of hydrogen-bond donors (Lipinski definition) is 0. The van der Waals surface area contributed by atoms with E-state index < -0.39 is 0 Å². The van der Waals surface area contributed by atoms with Crippen molar-refractivity contribution in [2.75, 3.05) is 6.61 Å². The topological polar surface area (TPSA) is 26.3 Å². The zero-order chi connectivity index (χ0) is 7.56. The van der Waals surface area contributed by atoms with Gasteiger partial charge in [-0.15, -0.1) is 0 Å². The van der Waals surface area contributed by atoms with E-state index in [1.54, 1.807) is 0 Å². The second-order valence-corrected chi connectivity index (χ2v) is 2.90. The van der Waals surface area contributed by atoms with Gasteiger partial charge in [-0.1, -0.05) is 6.92 Å². The zero-order valence-corrected chi connectivity index (χ0v) is 6.59. The van der Waals surface area contributed by atoms with E-state index in [1.807, 2.05) is 13.8 Å². The summed E-state index contributed by atoms with van der Waals surface area (Å²) in [5, 5.41) is 0. The number of rotatable bonds is 2. The Labute approximate surface area is 61.6 Å². The van der Waals surface area contributed by atoms with Crippen LogP contribution in [-0.2, 0) is 9.53 Å². The number of ketones is 1. The average molecular weight is 142 g/mol. The molecule has 0 spiro atoms. The van der Waals surface area contributed by atoms with Crippen LogP contribution in [0.5, 0.6) is 0 Å². The SMILES string of the molecule is CCC(=O)C1COC(C)C1. The Morgan fingerprint density at radius 3 is 2.80 bits per heavy atom. The average Bonchev–Trinajstić information content (AvgIpc) is 2.34. The molecule has 0 aromatic carbocycles. The molecule has 0 radical (unpaired) electrons. The van der Waals surface area contributed by atoms with Crippen molar-refractivity contribution in [2.24, 2.45) is 5.92 Å². The molecular weight excluding hydrogens is 128 g/mol. The van der Waals surface area contributed by atoms with Crippen LogP contribution >= 0.6 is 0 Å². The minimum absolute atomic E-state index is 0.194. The van der Waals surface area contributed by atoms with Gasteiger partial charge in [0.1, 0.15) is 5.78 Å². The van der Waals surface area contributed by atoms with Gasteiger partial charge in [-0.3, -0.25) is 4.79 Å². The summed E-state index contributed by atoms with van der Waals surface area (Å²) in [6.07, 6.45) is 1.87. The van der Waals surface area contributed by atoms with Gasteiger partial charge in [-0.2, -0.15) is 0 Å². The monoisotopic (exact) mass is 142 g/mol. The van der Waals surface area contributed by atoms with Gasteiger partial charge in [-0.25, -0.2) is 0 Å². The van der Waals surface area contributed by atoms with E-state index in [2.05, 4.69) is 0 Å². The molecule has 0 aliphatic carbocycles. The number of Topliss-reactive ketones (excluding diaryl/α,β-unsaturated/α-hetero) is 1. The Morgan fingerprint density at radius 1 is 1.70 bits per heavy atom. The highest BCUT2D eigenvalue weighted by molar-refractivity contribution is 5.81. The van der Waals surface area contributed by atoms with Crippen LogP contribution in [0.3, 0.4) is 0 Å². The summed E-state index contributed by atoms with van der Waals surface area (Å²) in [6, 6.07) is 0. The highest BCUT2D eigenvalue weighted by Gasteiger charge is 2.26. The van der Waals surface area contributed by atoms with Crippen molar-refractivity contribution in [1.29, 1.82) is 0 Å². The first-order valence-electron chi connectivity index (χ1n) is 3.88. The summed E-state index contributed by atoms with van der Waals surface area (Å²) in [5.74, 6) is 0.546. The van der Waals surface area contributed by atoms with E-state index in [1.165, 1.54) is 0 Å². The predicted octanol–water partition coefficient (Wildman–Crippen LogP) is 1.39. The quantitative estimate of drug-likeness (QED) is 0.582. The minimum Gasteiger partial charge on any atom is -0.378 e. The molecule has 0 amide bonds. The molecule has 1 aliphatic rings. The summed E-state index contributed by atoms with van der Waals surface area (Å²) in [7, 11) is 0. The van der Waals surface area contributed by atoms with Crippen molar-refractivity contribution < 1.29 is 9.53 Å². The van der Waals surface area contributed by atoms with Crippen LogP contribution in [-0.4, -0.2) is 18.5 Å². The normalized spacial score (nSPS) is 32.6. The van der Waals surface area contributed by atoms with E-state index >= 15 is 0 Å². The fourth-order valence-electron chi connectivity index (χ4n) is 1.33. The first-order valence-corrected chi connectivity index (χ1v) is 3.88. The highest BCUT2D eigenvalue weighted by atomic mass is 16.5. The lowest BCUT2D eigenvalue weighted by Gasteiger charge is -2.01. The molecule has 2 heteroatoms. The number of carbonyl (C=O) groups excluding carboxylic acids is 1. The van der Waals surface area contributed by atoms with E-state index in [9.17, 15) is 4.79 Å². The van der Waals surface area contributed by atoms with E-state index in [4.69, 9.17) is 4.74 Å². The largest absolute Gasteiger partial charge is 0.378 e. The van der Waals surface area contributed by atoms with Gasteiger partial charge in [0.2, 0.25) is 0 Å². The molecule has 1 rings (SSSR count). The van der Waals surface area contributed by atoms with E-state index in [0.717, 1.165) is 6.42 Å². The van der Waals surface area contributed by atoms with Crippen molar-refractivity contribution >= 4 is 5.78 Å². The minimum atomic E-state index is 0.194. The standard InChI is InChI=1S/C8H14O2/c1-3-8(9)7-4-6(2)10-5-7/h6-7H,3-5H2,1-2H3. The molecular formula is C8H14O2. The third-order valence-electron chi connectivity index (χ3n) is 2.00. The Kier molecular flexibility index (Phi) is 2.44. The van der Waals surface area contributed by atoms with Crippen LogP contribution in [0.4, 0.5) is 0 Å². The molecule has 10 heavy (non-hydrogen) atoms. The third-order valence-corrected chi connectivity index (χ3v) is 2.00. The third kappa shape index (κ3) is 1.57. The van der Waals surface area contributed by atoms with Crippen molar-refractivity contribution in [1.82, 2.24) is 0 Å². The maximum Gasteiger partial charge on any atom is 0.138 e. The van der Waals surface area contributed by atoms with E-state index in [0.29, 0.717) is 24.9 Å². The fraction of sp³-hybridized carbons (Fsp3) is 0.875. The lowest BCUT2D eigenvalue weighted by molar-refractivity contribution is -0.122. The first-order chi connectivity index (χ1) is 4.74. The fourth-order valence-corrected chi connectivity index (χ4v) is 1.33. The summed E-state index contributed by atoms with van der Waals surface area (Å²) >= 11 is 0. The number of hydrogen-bond acceptors (Lipinski definition) is 2. The molecule has 1 saturated heterocycles. The van der Waals surface area contributed by atoms with Gasteiger partial charge in [-0.05, 0) is 13.3 Å². The Morgan fingerprint density at radius 2 is 2.40 bits per heavy atom. The number of carbonyl (C=O) groups is 1. The summed E-state index contributed by atoms with van der Waals surface area (Å²) < 4.78 is 5.27. The van der Waals surface area contributed by atoms with Crippen molar-refractivity contribution in [3.8, 4) is 0 Å². The van der Waals surface area contributed by atoms with Gasteiger partial charge >= 0.3 is 0 Å². The first kappa shape index (κ1) is 7.73. The Bertz CT molecular complexity index is 131. The highest BCUT2D eigenvalue weighted by Crippen LogP contribution is 2.20. The van der Waals surface area contributed by atoms with Crippen LogP contribution in [0.15, 0.2) is 0 Å². The molecule has 58 valence electrons. The second-order valence-electron chi connectivity index (χ2n) is 2.90. The predicted molar refractivity (Wildman–Crippen MR) is 38.8 cm³/mol. The molecule has 0 bridgehead atoms. The maximum absolute atomic E-state index is 11.1. The van der Waals surface area contributed by atoms with Crippen molar-refractivity contribution in [2.45, 2.75) is 32.8 Å². The lowest BCUT2D eigenvalue weighted by Crippen LogP contribution is -2.12. The zero-order valence-electron chi connectivity index (χ0n) is 6.59. The van der Waals surface area contributed by atoms with Crippen LogP contribution in [0.2, 0.25) is 0 Å². The molecule has 1 aliphatic heterocycles. The van der Waals surface area contributed by atoms with Gasteiger partial charge in [0.05, 0.1) is 12.7 Å². The molecule has 0 saturated carbocycles. The van der Waals surface area contributed by atoms with Crippen molar-refractivity contribution in [3.63, 3.8) is 0 Å². The molecule has 2 nitrogen and oxygen atoms in total. The van der Waals surface area contributed by atoms with Crippen LogP contribution in [0.1, 0.15) is 26.7 Å². The molecule has 2 atom stereocenters. The smallest absolute Gasteiger partial charge is 0.138 e. The molecule has 0 N–H and O–H groups in total. The molecule has 1 fully saturated rings. The molecule has 2 unspecified atom stereocenters.